The van der Waals surface area contributed by atoms with E-state index in [1.807, 2.05) is 74.5 Å². The molecule has 0 radical (unpaired) electrons. The molecule has 7 heteroatoms. The Bertz CT molecular complexity index is 923. The number of esters is 1. The van der Waals surface area contributed by atoms with Gasteiger partial charge in [0.1, 0.15) is 24.3 Å². The molecule has 34 heavy (non-hydrogen) atoms. The van der Waals surface area contributed by atoms with Crippen LogP contribution in [0.1, 0.15) is 52.2 Å². The van der Waals surface area contributed by atoms with Gasteiger partial charge in [-0.2, -0.15) is 0 Å². The fourth-order valence-electron chi connectivity index (χ4n) is 3.30. The number of carbonyl (C=O) groups excluding carboxylic acids is 3. The van der Waals surface area contributed by atoms with Crippen LogP contribution >= 0.6 is 0 Å². The number of nitrogens with one attached hydrogen (secondary N) is 2. The van der Waals surface area contributed by atoms with Crippen LogP contribution < -0.4 is 10.6 Å². The van der Waals surface area contributed by atoms with Crippen molar-refractivity contribution >= 4 is 18.0 Å². The lowest BCUT2D eigenvalue weighted by Crippen LogP contribution is -2.53. The zero-order valence-corrected chi connectivity index (χ0v) is 20.7. The normalized spacial score (nSPS) is 13.0. The van der Waals surface area contributed by atoms with E-state index < -0.39 is 35.7 Å². The molecule has 0 aliphatic rings. The third kappa shape index (κ3) is 10.1. The van der Waals surface area contributed by atoms with Crippen LogP contribution in [0.25, 0.3) is 0 Å². The SMILES string of the molecule is CC(C)C[C@@H](NC(=O)OC(C)(C)C)C(=O)N[C@@H](Cc1ccccc1)C(=O)OCc1ccccc1. The second-order valence-corrected chi connectivity index (χ2v) is 9.67. The van der Waals surface area contributed by atoms with Gasteiger partial charge in [-0.15, -0.1) is 0 Å². The first kappa shape index (κ1) is 26.9. The molecule has 0 heterocycles. The van der Waals surface area contributed by atoms with Gasteiger partial charge in [-0.05, 0) is 44.2 Å². The van der Waals surface area contributed by atoms with Gasteiger partial charge < -0.3 is 20.1 Å². The van der Waals surface area contributed by atoms with E-state index in [0.717, 1.165) is 11.1 Å². The third-order valence-electron chi connectivity index (χ3n) is 4.82. The quantitative estimate of drug-likeness (QED) is 0.504. The second kappa shape index (κ2) is 12.8. The van der Waals surface area contributed by atoms with E-state index >= 15 is 0 Å². The average Bonchev–Trinajstić information content (AvgIpc) is 2.76. The fourth-order valence-corrected chi connectivity index (χ4v) is 3.30. The highest BCUT2D eigenvalue weighted by atomic mass is 16.6. The largest absolute Gasteiger partial charge is 0.459 e. The summed E-state index contributed by atoms with van der Waals surface area (Å²) in [5.41, 5.74) is 1.04. The predicted molar refractivity (Wildman–Crippen MR) is 131 cm³/mol. The first-order chi connectivity index (χ1) is 16.0. The summed E-state index contributed by atoms with van der Waals surface area (Å²) in [7, 11) is 0. The number of rotatable bonds is 10. The fraction of sp³-hybridized carbons (Fsp3) is 0.444. The third-order valence-corrected chi connectivity index (χ3v) is 4.82. The van der Waals surface area contributed by atoms with Crippen molar-refractivity contribution in [3.05, 3.63) is 71.8 Å². The summed E-state index contributed by atoms with van der Waals surface area (Å²) in [5.74, 6) is -0.873. The van der Waals surface area contributed by atoms with Crippen molar-refractivity contribution in [3.8, 4) is 0 Å². The number of hydrogen-bond donors (Lipinski definition) is 2. The number of carbonyl (C=O) groups is 3. The number of alkyl carbamates (subject to hydrolysis) is 1. The maximum atomic E-state index is 13.2. The summed E-state index contributed by atoms with van der Waals surface area (Å²) in [5, 5.41) is 5.44. The maximum Gasteiger partial charge on any atom is 0.408 e. The molecule has 7 nitrogen and oxygen atoms in total. The number of amides is 2. The van der Waals surface area contributed by atoms with Crippen molar-refractivity contribution in [2.75, 3.05) is 0 Å². The molecule has 0 aliphatic carbocycles. The van der Waals surface area contributed by atoms with Crippen LogP contribution in [0.5, 0.6) is 0 Å². The summed E-state index contributed by atoms with van der Waals surface area (Å²) in [6, 6.07) is 17.0. The molecule has 2 aromatic carbocycles. The minimum Gasteiger partial charge on any atom is -0.459 e. The summed E-state index contributed by atoms with van der Waals surface area (Å²) >= 11 is 0. The van der Waals surface area contributed by atoms with Crippen LogP contribution in [0, 0.1) is 5.92 Å². The highest BCUT2D eigenvalue weighted by molar-refractivity contribution is 5.89. The van der Waals surface area contributed by atoms with Gasteiger partial charge in [-0.1, -0.05) is 74.5 Å². The summed E-state index contributed by atoms with van der Waals surface area (Å²) in [4.78, 5) is 38.5. The molecule has 0 aromatic heterocycles. The second-order valence-electron chi connectivity index (χ2n) is 9.67. The topological polar surface area (TPSA) is 93.7 Å². The monoisotopic (exact) mass is 468 g/mol. The van der Waals surface area contributed by atoms with Crippen LogP contribution in [-0.2, 0) is 32.1 Å². The van der Waals surface area contributed by atoms with E-state index in [1.54, 1.807) is 20.8 Å². The Morgan fingerprint density at radius 1 is 0.824 bits per heavy atom. The molecule has 184 valence electrons. The molecule has 2 amide bonds. The summed E-state index contributed by atoms with van der Waals surface area (Å²) < 4.78 is 10.8. The van der Waals surface area contributed by atoms with Gasteiger partial charge in [0.05, 0.1) is 0 Å². The molecule has 0 unspecified atom stereocenters. The molecule has 0 spiro atoms. The Kier molecular flexibility index (Phi) is 10.1. The van der Waals surface area contributed by atoms with E-state index in [4.69, 9.17) is 9.47 Å². The molecule has 0 saturated carbocycles. The summed E-state index contributed by atoms with van der Waals surface area (Å²) in [6.45, 7) is 9.26. The Labute approximate surface area is 202 Å². The molecule has 0 bridgehead atoms. The molecule has 0 fully saturated rings. The molecule has 0 saturated heterocycles. The standard InChI is InChI=1S/C27H36N2O5/c1-19(2)16-22(29-26(32)34-27(3,4)5)24(30)28-23(17-20-12-8-6-9-13-20)25(31)33-18-21-14-10-7-11-15-21/h6-15,19,22-23H,16-18H2,1-5H3,(H,28,30)(H,29,32)/t22-,23+/m1/s1. The van der Waals surface area contributed by atoms with Gasteiger partial charge in [0.15, 0.2) is 0 Å². The van der Waals surface area contributed by atoms with E-state index in [0.29, 0.717) is 6.42 Å². The zero-order valence-electron chi connectivity index (χ0n) is 20.7. The average molecular weight is 469 g/mol. The Balaban J connectivity index is 2.14. The first-order valence-electron chi connectivity index (χ1n) is 11.6. The van der Waals surface area contributed by atoms with Gasteiger partial charge in [0, 0.05) is 6.42 Å². The molecule has 2 N–H and O–H groups in total. The van der Waals surface area contributed by atoms with Crippen molar-refractivity contribution in [3.63, 3.8) is 0 Å². The van der Waals surface area contributed by atoms with Gasteiger partial charge >= 0.3 is 12.1 Å². The molecule has 2 atom stereocenters. The number of benzene rings is 2. The van der Waals surface area contributed by atoms with E-state index in [-0.39, 0.29) is 18.9 Å². The Hall–Kier alpha value is -3.35. The molecule has 0 aliphatic heterocycles. The molecule has 2 rings (SSSR count). The molecular weight excluding hydrogens is 432 g/mol. The van der Waals surface area contributed by atoms with Crippen LogP contribution in [0.3, 0.4) is 0 Å². The van der Waals surface area contributed by atoms with Gasteiger partial charge in [-0.3, -0.25) is 4.79 Å². The zero-order chi connectivity index (χ0) is 25.1. The minimum absolute atomic E-state index is 0.104. The van der Waals surface area contributed by atoms with Gasteiger partial charge in [0.2, 0.25) is 5.91 Å². The smallest absolute Gasteiger partial charge is 0.408 e. The maximum absolute atomic E-state index is 13.2. The number of ether oxygens (including phenoxy) is 2. The van der Waals surface area contributed by atoms with Crippen LogP contribution in [0.2, 0.25) is 0 Å². The van der Waals surface area contributed by atoms with Crippen LogP contribution in [-0.4, -0.2) is 35.7 Å². The van der Waals surface area contributed by atoms with E-state index in [1.165, 1.54) is 0 Å². The lowest BCUT2D eigenvalue weighted by atomic mass is 10.0. The van der Waals surface area contributed by atoms with Crippen molar-refractivity contribution < 1.29 is 23.9 Å². The van der Waals surface area contributed by atoms with E-state index in [2.05, 4.69) is 10.6 Å². The highest BCUT2D eigenvalue weighted by Crippen LogP contribution is 2.12. The highest BCUT2D eigenvalue weighted by Gasteiger charge is 2.29. The van der Waals surface area contributed by atoms with Crippen molar-refractivity contribution in [1.82, 2.24) is 10.6 Å². The Morgan fingerprint density at radius 3 is 1.91 bits per heavy atom. The predicted octanol–water partition coefficient (Wildman–Crippen LogP) is 4.40. The molecular formula is C27H36N2O5. The lowest BCUT2D eigenvalue weighted by molar-refractivity contribution is -0.149. The van der Waals surface area contributed by atoms with Crippen molar-refractivity contribution in [2.45, 2.75) is 71.8 Å². The Morgan fingerprint density at radius 2 is 1.38 bits per heavy atom. The van der Waals surface area contributed by atoms with Crippen LogP contribution in [0.15, 0.2) is 60.7 Å². The van der Waals surface area contributed by atoms with Crippen LogP contribution in [0.4, 0.5) is 4.79 Å². The van der Waals surface area contributed by atoms with Crippen molar-refractivity contribution in [1.29, 1.82) is 0 Å². The number of hydrogen-bond acceptors (Lipinski definition) is 5. The van der Waals surface area contributed by atoms with Gasteiger partial charge in [0.25, 0.3) is 0 Å². The first-order valence-corrected chi connectivity index (χ1v) is 11.6. The summed E-state index contributed by atoms with van der Waals surface area (Å²) in [6.07, 6.45) is -0.0250. The van der Waals surface area contributed by atoms with Gasteiger partial charge in [-0.25, -0.2) is 9.59 Å². The minimum atomic E-state index is -0.909. The lowest BCUT2D eigenvalue weighted by Gasteiger charge is -2.26. The van der Waals surface area contributed by atoms with Crippen molar-refractivity contribution in [2.24, 2.45) is 5.92 Å². The van der Waals surface area contributed by atoms with E-state index in [9.17, 15) is 14.4 Å². The molecule has 2 aromatic rings.